The fourth-order valence-electron chi connectivity index (χ4n) is 2.13. The lowest BCUT2D eigenvalue weighted by atomic mass is 9.98. The zero-order chi connectivity index (χ0) is 10.8. The molecule has 3 nitrogen and oxygen atoms in total. The van der Waals surface area contributed by atoms with Crippen LogP contribution in [0, 0.1) is 0 Å². The minimum atomic E-state index is -0.432. The van der Waals surface area contributed by atoms with Crippen molar-refractivity contribution in [3.63, 3.8) is 0 Å². The van der Waals surface area contributed by atoms with Crippen LogP contribution in [0.15, 0.2) is 18.2 Å². The van der Waals surface area contributed by atoms with E-state index < -0.39 is 6.10 Å². The first-order valence-electron chi connectivity index (χ1n) is 5.33. The summed E-state index contributed by atoms with van der Waals surface area (Å²) < 4.78 is 5.17. The number of nitrogens with two attached hydrogens (primary N) is 1. The van der Waals surface area contributed by atoms with Crippen LogP contribution in [0.3, 0.4) is 0 Å². The van der Waals surface area contributed by atoms with Gasteiger partial charge in [0.1, 0.15) is 5.75 Å². The first-order valence-corrected chi connectivity index (χ1v) is 5.33. The average molecular weight is 207 g/mol. The third-order valence-electron chi connectivity index (χ3n) is 3.07. The number of aliphatic hydroxyl groups is 1. The molecule has 0 fully saturated rings. The Morgan fingerprint density at radius 1 is 1.47 bits per heavy atom. The predicted molar refractivity (Wildman–Crippen MR) is 58.9 cm³/mol. The summed E-state index contributed by atoms with van der Waals surface area (Å²) in [5, 5.41) is 9.80. The van der Waals surface area contributed by atoms with Crippen molar-refractivity contribution in [1.82, 2.24) is 0 Å². The van der Waals surface area contributed by atoms with E-state index in [1.165, 1.54) is 5.56 Å². The van der Waals surface area contributed by atoms with Crippen LogP contribution in [0.4, 0.5) is 0 Å². The zero-order valence-electron chi connectivity index (χ0n) is 8.94. The van der Waals surface area contributed by atoms with Crippen molar-refractivity contribution in [1.29, 1.82) is 0 Å². The van der Waals surface area contributed by atoms with Crippen LogP contribution < -0.4 is 10.5 Å². The molecule has 2 rings (SSSR count). The minimum absolute atomic E-state index is 0.280. The number of aryl methyl sites for hydroxylation is 1. The number of methoxy groups -OCH3 is 1. The molecule has 3 heteroatoms. The molecule has 3 N–H and O–H groups in total. The molecule has 0 aromatic heterocycles. The van der Waals surface area contributed by atoms with E-state index in [1.807, 2.05) is 18.2 Å². The highest BCUT2D eigenvalue weighted by atomic mass is 16.5. The highest BCUT2D eigenvalue weighted by Gasteiger charge is 2.23. The van der Waals surface area contributed by atoms with E-state index in [-0.39, 0.29) is 6.04 Å². The highest BCUT2D eigenvalue weighted by molar-refractivity contribution is 5.38. The van der Waals surface area contributed by atoms with Crippen LogP contribution in [0.25, 0.3) is 0 Å². The van der Waals surface area contributed by atoms with Crippen LogP contribution in [0.5, 0.6) is 5.75 Å². The molecule has 1 aliphatic carbocycles. The van der Waals surface area contributed by atoms with Crippen LogP contribution in [0.1, 0.15) is 30.0 Å². The Morgan fingerprint density at radius 2 is 2.27 bits per heavy atom. The molecule has 0 saturated carbocycles. The molecule has 0 bridgehead atoms. The molecule has 82 valence electrons. The highest BCUT2D eigenvalue weighted by Crippen LogP contribution is 2.30. The predicted octanol–water partition coefficient (Wildman–Crippen LogP) is 1.39. The normalized spacial score (nSPS) is 25.5. The van der Waals surface area contributed by atoms with E-state index >= 15 is 0 Å². The van der Waals surface area contributed by atoms with Crippen LogP contribution in [-0.2, 0) is 6.42 Å². The molecule has 1 aliphatic rings. The molecule has 0 spiro atoms. The van der Waals surface area contributed by atoms with E-state index in [0.717, 1.165) is 30.6 Å². The number of ether oxygens (including phenoxy) is 1. The number of aliphatic hydroxyl groups excluding tert-OH is 1. The number of hydrogen-bond acceptors (Lipinski definition) is 3. The lowest BCUT2D eigenvalue weighted by molar-refractivity contribution is 0.136. The summed E-state index contributed by atoms with van der Waals surface area (Å²) in [6.07, 6.45) is 2.33. The Bertz CT molecular complexity index is 351. The third-order valence-corrected chi connectivity index (χ3v) is 3.07. The fraction of sp³-hybridized carbons (Fsp3) is 0.500. The maximum absolute atomic E-state index is 9.80. The molecule has 2 atom stereocenters. The van der Waals surface area contributed by atoms with E-state index in [9.17, 15) is 5.11 Å². The van der Waals surface area contributed by atoms with Crippen molar-refractivity contribution >= 4 is 0 Å². The van der Waals surface area contributed by atoms with Crippen molar-refractivity contribution in [3.05, 3.63) is 29.3 Å². The summed E-state index contributed by atoms with van der Waals surface area (Å²) in [7, 11) is 1.64. The molecule has 1 aromatic rings. The summed E-state index contributed by atoms with van der Waals surface area (Å²) in [5.74, 6) is 0.804. The lowest BCUT2D eigenvalue weighted by Crippen LogP contribution is -2.25. The van der Waals surface area contributed by atoms with E-state index in [1.54, 1.807) is 7.11 Å². The zero-order valence-corrected chi connectivity index (χ0v) is 8.94. The molecular formula is C12H17NO2. The smallest absolute Gasteiger partial charge is 0.119 e. The van der Waals surface area contributed by atoms with Gasteiger partial charge in [-0.15, -0.1) is 0 Å². The molecule has 1 aromatic carbocycles. The van der Waals surface area contributed by atoms with Gasteiger partial charge in [-0.1, -0.05) is 6.07 Å². The van der Waals surface area contributed by atoms with Gasteiger partial charge in [-0.3, -0.25) is 0 Å². The molecule has 15 heavy (non-hydrogen) atoms. The number of hydrogen-bond donors (Lipinski definition) is 2. The fourth-order valence-corrected chi connectivity index (χ4v) is 2.13. The van der Waals surface area contributed by atoms with E-state index in [2.05, 4.69) is 0 Å². The van der Waals surface area contributed by atoms with Crippen LogP contribution in [-0.4, -0.2) is 18.3 Å². The average Bonchev–Trinajstić information content (AvgIpc) is 2.40. The quantitative estimate of drug-likeness (QED) is 0.684. The second kappa shape index (κ2) is 4.21. The number of fused-ring (bicyclic) bond motifs is 1. The Kier molecular flexibility index (Phi) is 2.93. The minimum Gasteiger partial charge on any atom is -0.497 e. The SMILES string of the molecule is COc1ccc2c(c1)[C@@H](N)[C@H](O)CCC2. The second-order valence-electron chi connectivity index (χ2n) is 4.05. The molecule has 0 amide bonds. The number of rotatable bonds is 1. The molecule has 0 radical (unpaired) electrons. The molecule has 0 aliphatic heterocycles. The lowest BCUT2D eigenvalue weighted by Gasteiger charge is -2.18. The van der Waals surface area contributed by atoms with Crippen LogP contribution >= 0.6 is 0 Å². The Balaban J connectivity index is 2.41. The maximum Gasteiger partial charge on any atom is 0.119 e. The van der Waals surface area contributed by atoms with Gasteiger partial charge in [-0.2, -0.15) is 0 Å². The standard InChI is InChI=1S/C12H17NO2/c1-15-9-6-5-8-3-2-4-11(14)12(13)10(8)7-9/h5-7,11-12,14H,2-4,13H2,1H3/t11-,12-/m1/s1. The number of benzene rings is 1. The van der Waals surface area contributed by atoms with Gasteiger partial charge in [-0.05, 0) is 42.5 Å². The maximum atomic E-state index is 9.80. The largest absolute Gasteiger partial charge is 0.497 e. The topological polar surface area (TPSA) is 55.5 Å². The van der Waals surface area contributed by atoms with Gasteiger partial charge in [0.15, 0.2) is 0 Å². The Labute approximate surface area is 89.9 Å². The van der Waals surface area contributed by atoms with Crippen molar-refractivity contribution in [2.24, 2.45) is 5.73 Å². The van der Waals surface area contributed by atoms with Crippen molar-refractivity contribution in [3.8, 4) is 5.75 Å². The van der Waals surface area contributed by atoms with Gasteiger partial charge in [-0.25, -0.2) is 0 Å². The van der Waals surface area contributed by atoms with Gasteiger partial charge in [0.05, 0.1) is 19.3 Å². The van der Waals surface area contributed by atoms with Gasteiger partial charge in [0.2, 0.25) is 0 Å². The summed E-state index contributed by atoms with van der Waals surface area (Å²) >= 11 is 0. The summed E-state index contributed by atoms with van der Waals surface area (Å²) in [5.41, 5.74) is 8.27. The second-order valence-corrected chi connectivity index (χ2v) is 4.05. The van der Waals surface area contributed by atoms with Crippen molar-refractivity contribution in [2.75, 3.05) is 7.11 Å². The van der Waals surface area contributed by atoms with Crippen molar-refractivity contribution < 1.29 is 9.84 Å². The van der Waals surface area contributed by atoms with Gasteiger partial charge < -0.3 is 15.6 Å². The first kappa shape index (κ1) is 10.5. The summed E-state index contributed by atoms with van der Waals surface area (Å²) in [6, 6.07) is 5.65. The van der Waals surface area contributed by atoms with Crippen LogP contribution in [0.2, 0.25) is 0 Å². The molecule has 0 heterocycles. The summed E-state index contributed by atoms with van der Waals surface area (Å²) in [4.78, 5) is 0. The molecule has 0 saturated heterocycles. The van der Waals surface area contributed by atoms with Gasteiger partial charge in [0.25, 0.3) is 0 Å². The summed E-state index contributed by atoms with van der Waals surface area (Å²) in [6.45, 7) is 0. The first-order chi connectivity index (χ1) is 7.22. The Hall–Kier alpha value is -1.06. The van der Waals surface area contributed by atoms with Gasteiger partial charge in [0, 0.05) is 0 Å². The van der Waals surface area contributed by atoms with Crippen molar-refractivity contribution in [2.45, 2.75) is 31.4 Å². The monoisotopic (exact) mass is 207 g/mol. The third kappa shape index (κ3) is 1.98. The van der Waals surface area contributed by atoms with Gasteiger partial charge >= 0.3 is 0 Å². The molecule has 0 unspecified atom stereocenters. The Morgan fingerprint density at radius 3 is 3.00 bits per heavy atom. The molecular weight excluding hydrogens is 190 g/mol. The van der Waals surface area contributed by atoms with E-state index in [4.69, 9.17) is 10.5 Å². The van der Waals surface area contributed by atoms with E-state index in [0.29, 0.717) is 0 Å².